The molecule has 424 valence electrons. The van der Waals surface area contributed by atoms with Crippen LogP contribution in [0.5, 0.6) is 0 Å². The van der Waals surface area contributed by atoms with Gasteiger partial charge in [-0.1, -0.05) is 303 Å². The summed E-state index contributed by atoms with van der Waals surface area (Å²) >= 11 is 0. The van der Waals surface area contributed by atoms with Crippen molar-refractivity contribution in [2.75, 3.05) is 47.5 Å². The first-order valence-electron chi connectivity index (χ1n) is 31.2. The second-order valence-corrected chi connectivity index (χ2v) is 24.2. The molecule has 0 aromatic rings. The lowest BCUT2D eigenvalue weighted by atomic mass is 10.0. The summed E-state index contributed by atoms with van der Waals surface area (Å²) in [6.07, 6.45) is 61.6. The molecule has 0 aromatic carbocycles. The Labute approximate surface area is 442 Å². The Balaban J connectivity index is 4.04. The minimum Gasteiger partial charge on any atom is -0.756 e. The summed E-state index contributed by atoms with van der Waals surface area (Å²) in [6.45, 7) is 4.32. The Kier molecular flexibility index (Phi) is 53.1. The maximum Gasteiger partial charge on any atom is 0.306 e. The predicted octanol–water partition coefficient (Wildman–Crippen LogP) is 18.8. The number of hydrogen-bond acceptors (Lipinski definition) is 8. The number of unbranched alkanes of at least 4 members (excludes halogenated alkanes) is 45. The van der Waals surface area contributed by atoms with Crippen molar-refractivity contribution >= 4 is 19.8 Å². The maximum atomic E-state index is 12.8. The summed E-state index contributed by atoms with van der Waals surface area (Å²) < 4.78 is 34.2. The molecule has 0 aromatic heterocycles. The van der Waals surface area contributed by atoms with Crippen LogP contribution < -0.4 is 4.89 Å². The quantitative estimate of drug-likeness (QED) is 0.0256. The number of carbonyl (C=O) groups excluding carboxylic acids is 2. The van der Waals surface area contributed by atoms with E-state index >= 15 is 0 Å². The number of rotatable bonds is 59. The van der Waals surface area contributed by atoms with E-state index in [9.17, 15) is 19.0 Å². The lowest BCUT2D eigenvalue weighted by molar-refractivity contribution is -0.870. The van der Waals surface area contributed by atoms with Crippen LogP contribution in [-0.2, 0) is 32.7 Å². The Hall–Kier alpha value is -0.990. The smallest absolute Gasteiger partial charge is 0.306 e. The SMILES string of the molecule is CCCCCCCCCCCCCCCCCCCCCCCCCCCCCC(=O)OC(COC(=O)CCCCCCCCCCCCCCCCCCCCCC)COP(=O)([O-])OCC[N+](C)(C)C. The number of phosphoric ester groups is 1. The zero-order chi connectivity index (χ0) is 52.0. The summed E-state index contributed by atoms with van der Waals surface area (Å²) in [4.78, 5) is 37.9. The largest absolute Gasteiger partial charge is 0.756 e. The molecule has 0 heterocycles. The van der Waals surface area contributed by atoms with Crippen LogP contribution in [0.2, 0.25) is 0 Å². The van der Waals surface area contributed by atoms with Crippen LogP contribution in [0.15, 0.2) is 0 Å². The first-order valence-corrected chi connectivity index (χ1v) is 32.7. The number of quaternary nitrogens is 1. The van der Waals surface area contributed by atoms with Gasteiger partial charge in [0.1, 0.15) is 19.8 Å². The van der Waals surface area contributed by atoms with Gasteiger partial charge in [0.25, 0.3) is 7.82 Å². The molecule has 0 N–H and O–H groups in total. The molecule has 71 heavy (non-hydrogen) atoms. The second-order valence-electron chi connectivity index (χ2n) is 22.8. The maximum absolute atomic E-state index is 12.8. The molecule has 0 saturated carbocycles. The van der Waals surface area contributed by atoms with Crippen LogP contribution >= 0.6 is 7.82 Å². The number of likely N-dealkylation sites (N-methyl/N-ethyl adjacent to an activating group) is 1. The Bertz CT molecular complexity index is 1160. The van der Waals surface area contributed by atoms with E-state index in [4.69, 9.17) is 18.5 Å². The molecule has 0 amide bonds. The summed E-state index contributed by atoms with van der Waals surface area (Å²) in [7, 11) is 1.19. The number of hydrogen-bond donors (Lipinski definition) is 0. The fourth-order valence-corrected chi connectivity index (χ4v) is 10.3. The summed E-state index contributed by atoms with van der Waals surface area (Å²) in [5, 5.41) is 0. The summed E-state index contributed by atoms with van der Waals surface area (Å²) in [5.74, 6) is -0.807. The highest BCUT2D eigenvalue weighted by Crippen LogP contribution is 2.38. The molecule has 0 aliphatic heterocycles. The van der Waals surface area contributed by atoms with Crippen molar-refractivity contribution in [1.82, 2.24) is 0 Å². The highest BCUT2D eigenvalue weighted by atomic mass is 31.2. The van der Waals surface area contributed by atoms with E-state index in [0.717, 1.165) is 32.1 Å². The summed E-state index contributed by atoms with van der Waals surface area (Å²) in [6, 6.07) is 0. The van der Waals surface area contributed by atoms with Crippen LogP contribution in [0.3, 0.4) is 0 Å². The zero-order valence-electron chi connectivity index (χ0n) is 48.2. The second kappa shape index (κ2) is 53.8. The van der Waals surface area contributed by atoms with Crippen LogP contribution in [0.1, 0.15) is 328 Å². The average molecular weight is 1030 g/mol. The minimum absolute atomic E-state index is 0.0250. The molecule has 0 fully saturated rings. The van der Waals surface area contributed by atoms with E-state index in [1.165, 1.54) is 263 Å². The van der Waals surface area contributed by atoms with E-state index in [0.29, 0.717) is 17.4 Å². The number of esters is 2. The average Bonchev–Trinajstić information content (AvgIpc) is 3.33. The molecular weight excluding hydrogens is 906 g/mol. The van der Waals surface area contributed by atoms with Crippen molar-refractivity contribution in [1.29, 1.82) is 0 Å². The lowest BCUT2D eigenvalue weighted by Crippen LogP contribution is -2.37. The molecule has 0 saturated heterocycles. The van der Waals surface area contributed by atoms with Crippen molar-refractivity contribution < 1.29 is 42.1 Å². The number of carbonyl (C=O) groups is 2. The van der Waals surface area contributed by atoms with Crippen LogP contribution in [0.4, 0.5) is 0 Å². The van der Waals surface area contributed by atoms with Gasteiger partial charge in [-0.3, -0.25) is 14.2 Å². The van der Waals surface area contributed by atoms with Crippen LogP contribution in [-0.4, -0.2) is 70.0 Å². The molecule has 0 radical (unpaired) electrons. The van der Waals surface area contributed by atoms with E-state index in [1.807, 2.05) is 21.1 Å². The van der Waals surface area contributed by atoms with Crippen molar-refractivity contribution in [3.05, 3.63) is 0 Å². The normalized spacial score (nSPS) is 13.2. The molecule has 2 atom stereocenters. The monoisotopic (exact) mass is 1030 g/mol. The predicted molar refractivity (Wildman–Crippen MR) is 301 cm³/mol. The van der Waals surface area contributed by atoms with Gasteiger partial charge in [-0.2, -0.15) is 0 Å². The van der Waals surface area contributed by atoms with Crippen molar-refractivity contribution in [2.45, 2.75) is 335 Å². The molecule has 9 nitrogen and oxygen atoms in total. The topological polar surface area (TPSA) is 111 Å². The van der Waals surface area contributed by atoms with Crippen molar-refractivity contribution in [3.63, 3.8) is 0 Å². The first kappa shape index (κ1) is 70.0. The fraction of sp³-hybridized carbons (Fsp3) is 0.967. The molecule has 0 rings (SSSR count). The van der Waals surface area contributed by atoms with E-state index < -0.39 is 26.5 Å². The Morgan fingerprint density at radius 3 is 0.901 bits per heavy atom. The van der Waals surface area contributed by atoms with E-state index in [1.54, 1.807) is 0 Å². The van der Waals surface area contributed by atoms with Gasteiger partial charge in [0.05, 0.1) is 27.7 Å². The lowest BCUT2D eigenvalue weighted by Gasteiger charge is -2.28. The molecule has 0 spiro atoms. The van der Waals surface area contributed by atoms with Gasteiger partial charge in [0.2, 0.25) is 0 Å². The first-order chi connectivity index (χ1) is 34.5. The van der Waals surface area contributed by atoms with Gasteiger partial charge in [0.15, 0.2) is 6.10 Å². The van der Waals surface area contributed by atoms with Crippen molar-refractivity contribution in [3.8, 4) is 0 Å². The van der Waals surface area contributed by atoms with Gasteiger partial charge in [-0.25, -0.2) is 0 Å². The molecule has 10 heteroatoms. The minimum atomic E-state index is -4.63. The number of ether oxygens (including phenoxy) is 2. The fourth-order valence-electron chi connectivity index (χ4n) is 9.54. The number of phosphoric acid groups is 1. The Morgan fingerprint density at radius 2 is 0.634 bits per heavy atom. The molecular formula is C61H122NO8P. The van der Waals surface area contributed by atoms with Gasteiger partial charge in [-0.05, 0) is 12.8 Å². The molecule has 2 unspecified atom stereocenters. The summed E-state index contributed by atoms with van der Waals surface area (Å²) in [5.41, 5.74) is 0. The molecule has 0 aliphatic carbocycles. The van der Waals surface area contributed by atoms with E-state index in [2.05, 4.69) is 13.8 Å². The van der Waals surface area contributed by atoms with Crippen molar-refractivity contribution in [2.24, 2.45) is 0 Å². The van der Waals surface area contributed by atoms with Gasteiger partial charge >= 0.3 is 11.9 Å². The van der Waals surface area contributed by atoms with Crippen LogP contribution in [0.25, 0.3) is 0 Å². The number of nitrogens with zero attached hydrogens (tertiary/aromatic N) is 1. The third-order valence-corrected chi connectivity index (χ3v) is 15.3. The third-order valence-electron chi connectivity index (χ3n) is 14.4. The standard InChI is InChI=1S/C61H122NO8P/c1-6-8-10-12-14-16-18-20-22-24-26-28-29-30-31-32-33-34-36-38-40-42-44-46-48-50-52-54-61(64)70-59(58-69-71(65,66)68-56-55-62(3,4)5)57-67-60(63)53-51-49-47-45-43-41-39-37-35-27-25-23-21-19-17-15-13-11-9-7-2/h59H,6-58H2,1-5H3. The van der Waals surface area contributed by atoms with Gasteiger partial charge < -0.3 is 27.9 Å². The molecule has 0 bridgehead atoms. The van der Waals surface area contributed by atoms with Gasteiger partial charge in [0, 0.05) is 12.8 Å². The molecule has 0 aliphatic rings. The van der Waals surface area contributed by atoms with Crippen LogP contribution in [0, 0.1) is 0 Å². The van der Waals surface area contributed by atoms with E-state index in [-0.39, 0.29) is 32.0 Å². The van der Waals surface area contributed by atoms with Gasteiger partial charge in [-0.15, -0.1) is 0 Å². The Morgan fingerprint density at radius 1 is 0.380 bits per heavy atom. The highest BCUT2D eigenvalue weighted by molar-refractivity contribution is 7.45. The zero-order valence-corrected chi connectivity index (χ0v) is 49.1. The highest BCUT2D eigenvalue weighted by Gasteiger charge is 2.22. The third kappa shape index (κ3) is 58.1.